The molecule has 0 unspecified atom stereocenters. The van der Waals surface area contributed by atoms with Crippen molar-refractivity contribution in [3.05, 3.63) is 0 Å². The van der Waals surface area contributed by atoms with Crippen molar-refractivity contribution in [2.24, 2.45) is 10.8 Å². The SMILES string of the molecule is CC(C)OC(C)(C)CC(C)(C)C1(C)CCCC1. The Balaban J connectivity index is 2.71. The molecule has 0 heterocycles. The van der Waals surface area contributed by atoms with Crippen molar-refractivity contribution in [3.8, 4) is 0 Å². The summed E-state index contributed by atoms with van der Waals surface area (Å²) in [4.78, 5) is 0. The fourth-order valence-corrected chi connectivity index (χ4v) is 3.79. The molecule has 0 radical (unpaired) electrons. The smallest absolute Gasteiger partial charge is 0.0635 e. The topological polar surface area (TPSA) is 9.23 Å². The van der Waals surface area contributed by atoms with E-state index in [1.807, 2.05) is 0 Å². The quantitative estimate of drug-likeness (QED) is 0.643. The monoisotopic (exact) mass is 240 g/mol. The highest BCUT2D eigenvalue weighted by Gasteiger charge is 2.45. The minimum Gasteiger partial charge on any atom is -0.373 e. The van der Waals surface area contributed by atoms with E-state index in [0.29, 0.717) is 16.9 Å². The third kappa shape index (κ3) is 3.71. The van der Waals surface area contributed by atoms with Crippen LogP contribution >= 0.6 is 0 Å². The summed E-state index contributed by atoms with van der Waals surface area (Å²) in [6.07, 6.45) is 7.05. The average Bonchev–Trinajstić information content (AvgIpc) is 2.48. The van der Waals surface area contributed by atoms with E-state index in [2.05, 4.69) is 48.5 Å². The van der Waals surface area contributed by atoms with Gasteiger partial charge in [0.15, 0.2) is 0 Å². The first-order valence-corrected chi connectivity index (χ1v) is 7.26. The zero-order valence-electron chi connectivity index (χ0n) is 13.0. The Morgan fingerprint density at radius 1 is 1.06 bits per heavy atom. The normalized spacial score (nSPS) is 21.2. The van der Waals surface area contributed by atoms with Gasteiger partial charge in [-0.3, -0.25) is 0 Å². The van der Waals surface area contributed by atoms with Crippen LogP contribution in [0.15, 0.2) is 0 Å². The number of hydrogen-bond donors (Lipinski definition) is 0. The van der Waals surface area contributed by atoms with E-state index in [0.717, 1.165) is 6.42 Å². The second-order valence-corrected chi connectivity index (χ2v) is 7.75. The van der Waals surface area contributed by atoms with Crippen molar-refractivity contribution < 1.29 is 4.74 Å². The lowest BCUT2D eigenvalue weighted by atomic mass is 9.61. The summed E-state index contributed by atoms with van der Waals surface area (Å²) in [5.74, 6) is 0. The van der Waals surface area contributed by atoms with Gasteiger partial charge in [-0.15, -0.1) is 0 Å². The molecule has 0 spiro atoms. The Labute approximate surface area is 108 Å². The molecule has 0 bridgehead atoms. The lowest BCUT2D eigenvalue weighted by Gasteiger charge is -2.46. The molecule has 102 valence electrons. The van der Waals surface area contributed by atoms with Crippen LogP contribution in [0.2, 0.25) is 0 Å². The molecule has 0 amide bonds. The molecule has 0 atom stereocenters. The van der Waals surface area contributed by atoms with Crippen LogP contribution in [-0.2, 0) is 4.74 Å². The van der Waals surface area contributed by atoms with Crippen LogP contribution in [-0.4, -0.2) is 11.7 Å². The van der Waals surface area contributed by atoms with E-state index < -0.39 is 0 Å². The summed E-state index contributed by atoms with van der Waals surface area (Å²) in [6.45, 7) is 16.1. The minimum atomic E-state index is -0.0106. The second-order valence-electron chi connectivity index (χ2n) is 7.75. The van der Waals surface area contributed by atoms with Gasteiger partial charge in [0.2, 0.25) is 0 Å². The summed E-state index contributed by atoms with van der Waals surface area (Å²) in [5.41, 5.74) is 0.857. The standard InChI is InChI=1S/C16H32O/c1-13(2)17-15(5,6)12-14(3,4)16(7)10-8-9-11-16/h13H,8-12H2,1-7H3. The first-order chi connectivity index (χ1) is 7.58. The van der Waals surface area contributed by atoms with E-state index in [1.54, 1.807) is 0 Å². The van der Waals surface area contributed by atoms with Gasteiger partial charge in [0.1, 0.15) is 0 Å². The Hall–Kier alpha value is -0.0400. The van der Waals surface area contributed by atoms with Gasteiger partial charge in [0, 0.05) is 0 Å². The van der Waals surface area contributed by atoms with Gasteiger partial charge in [-0.1, -0.05) is 33.6 Å². The van der Waals surface area contributed by atoms with Gasteiger partial charge in [0.25, 0.3) is 0 Å². The molecule has 17 heavy (non-hydrogen) atoms. The maximum atomic E-state index is 6.08. The van der Waals surface area contributed by atoms with Gasteiger partial charge in [0.05, 0.1) is 11.7 Å². The Kier molecular flexibility index (Phi) is 4.34. The van der Waals surface area contributed by atoms with Crippen LogP contribution in [0.3, 0.4) is 0 Å². The predicted octanol–water partition coefficient (Wildman–Crippen LogP) is 5.19. The molecular weight excluding hydrogens is 208 g/mol. The fraction of sp³-hybridized carbons (Fsp3) is 1.00. The van der Waals surface area contributed by atoms with E-state index in [-0.39, 0.29) is 5.60 Å². The summed E-state index contributed by atoms with van der Waals surface area (Å²) in [7, 11) is 0. The van der Waals surface area contributed by atoms with Gasteiger partial charge in [-0.05, 0) is 57.8 Å². The van der Waals surface area contributed by atoms with Gasteiger partial charge >= 0.3 is 0 Å². The molecule has 1 nitrogen and oxygen atoms in total. The second kappa shape index (κ2) is 4.91. The van der Waals surface area contributed by atoms with Crippen LogP contribution in [0.5, 0.6) is 0 Å². The first-order valence-electron chi connectivity index (χ1n) is 7.26. The molecule has 1 aliphatic rings. The fourth-order valence-electron chi connectivity index (χ4n) is 3.79. The minimum absolute atomic E-state index is 0.0106. The molecule has 0 saturated heterocycles. The highest BCUT2D eigenvalue weighted by Crippen LogP contribution is 2.54. The van der Waals surface area contributed by atoms with Gasteiger partial charge in [-0.25, -0.2) is 0 Å². The molecular formula is C16H32O. The van der Waals surface area contributed by atoms with Crippen LogP contribution in [0, 0.1) is 10.8 Å². The van der Waals surface area contributed by atoms with E-state index in [1.165, 1.54) is 25.7 Å². The summed E-state index contributed by atoms with van der Waals surface area (Å²) in [5, 5.41) is 0. The molecule has 1 saturated carbocycles. The summed E-state index contributed by atoms with van der Waals surface area (Å²) >= 11 is 0. The molecule has 0 aromatic rings. The molecule has 1 heteroatoms. The van der Waals surface area contributed by atoms with E-state index >= 15 is 0 Å². The molecule has 1 aliphatic carbocycles. The predicted molar refractivity (Wildman–Crippen MR) is 75.3 cm³/mol. The van der Waals surface area contributed by atoms with Crippen LogP contribution < -0.4 is 0 Å². The lowest BCUT2D eigenvalue weighted by molar-refractivity contribution is -0.0973. The molecule has 1 rings (SSSR count). The van der Waals surface area contributed by atoms with Crippen molar-refractivity contribution in [1.29, 1.82) is 0 Å². The van der Waals surface area contributed by atoms with E-state index in [4.69, 9.17) is 4.74 Å². The molecule has 0 aromatic heterocycles. The highest BCUT2D eigenvalue weighted by atomic mass is 16.5. The maximum absolute atomic E-state index is 6.08. The number of rotatable bonds is 5. The number of ether oxygens (including phenoxy) is 1. The Morgan fingerprint density at radius 3 is 1.94 bits per heavy atom. The van der Waals surface area contributed by atoms with Gasteiger partial charge < -0.3 is 4.74 Å². The number of hydrogen-bond acceptors (Lipinski definition) is 1. The molecule has 0 N–H and O–H groups in total. The largest absolute Gasteiger partial charge is 0.373 e. The Morgan fingerprint density at radius 2 is 1.53 bits per heavy atom. The maximum Gasteiger partial charge on any atom is 0.0635 e. The highest BCUT2D eigenvalue weighted by molar-refractivity contribution is 4.96. The molecule has 0 aliphatic heterocycles. The van der Waals surface area contributed by atoms with Crippen molar-refractivity contribution in [2.45, 2.75) is 92.3 Å². The summed E-state index contributed by atoms with van der Waals surface area (Å²) < 4.78 is 6.08. The summed E-state index contributed by atoms with van der Waals surface area (Å²) in [6, 6.07) is 0. The van der Waals surface area contributed by atoms with Crippen molar-refractivity contribution in [3.63, 3.8) is 0 Å². The van der Waals surface area contributed by atoms with Crippen LogP contribution in [0.25, 0.3) is 0 Å². The average molecular weight is 240 g/mol. The lowest BCUT2D eigenvalue weighted by Crippen LogP contribution is -2.41. The molecule has 0 aromatic carbocycles. The zero-order valence-corrected chi connectivity index (χ0v) is 13.0. The van der Waals surface area contributed by atoms with Crippen molar-refractivity contribution in [1.82, 2.24) is 0 Å². The third-order valence-corrected chi connectivity index (χ3v) is 4.76. The zero-order chi connectivity index (χ0) is 13.3. The van der Waals surface area contributed by atoms with E-state index in [9.17, 15) is 0 Å². The molecule has 1 fully saturated rings. The first kappa shape index (κ1) is 15.0. The van der Waals surface area contributed by atoms with Crippen molar-refractivity contribution >= 4 is 0 Å². The van der Waals surface area contributed by atoms with Gasteiger partial charge in [-0.2, -0.15) is 0 Å². The van der Waals surface area contributed by atoms with Crippen LogP contribution in [0.1, 0.15) is 80.6 Å². The Bertz CT molecular complexity index is 244. The third-order valence-electron chi connectivity index (χ3n) is 4.76. The van der Waals surface area contributed by atoms with Crippen molar-refractivity contribution in [2.75, 3.05) is 0 Å². The van der Waals surface area contributed by atoms with Crippen LogP contribution in [0.4, 0.5) is 0 Å².